The Hall–Kier alpha value is -3.87. The number of anilines is 1. The van der Waals surface area contributed by atoms with Crippen LogP contribution in [0.4, 0.5) is 14.5 Å². The number of piperazine rings is 1. The summed E-state index contributed by atoms with van der Waals surface area (Å²) >= 11 is 0. The molecule has 1 amide bonds. The summed E-state index contributed by atoms with van der Waals surface area (Å²) < 4.78 is 27.1. The number of halogens is 2. The van der Waals surface area contributed by atoms with E-state index in [9.17, 15) is 13.6 Å². The molecule has 33 heavy (non-hydrogen) atoms. The van der Waals surface area contributed by atoms with Crippen LogP contribution in [0.25, 0.3) is 33.5 Å². The highest BCUT2D eigenvalue weighted by Gasteiger charge is 2.20. The van der Waals surface area contributed by atoms with Crippen LogP contribution in [0, 0.1) is 11.6 Å². The molecule has 0 unspecified atom stereocenters. The molecule has 3 aromatic carbocycles. The third-order valence-electron chi connectivity index (χ3n) is 5.97. The van der Waals surface area contributed by atoms with E-state index in [-0.39, 0.29) is 17.5 Å². The Labute approximate surface area is 190 Å². The van der Waals surface area contributed by atoms with Crippen LogP contribution in [0.15, 0.2) is 66.7 Å². The first kappa shape index (κ1) is 21.0. The Bertz CT molecular complexity index is 1310. The minimum Gasteiger partial charge on any atom is -0.368 e. The molecule has 0 radical (unpaired) electrons. The van der Waals surface area contributed by atoms with Crippen molar-refractivity contribution >= 4 is 22.6 Å². The van der Waals surface area contributed by atoms with Gasteiger partial charge in [0.15, 0.2) is 0 Å². The topological polar surface area (TPSA) is 49.3 Å². The van der Waals surface area contributed by atoms with E-state index in [1.807, 2.05) is 23.1 Å². The predicted molar refractivity (Wildman–Crippen MR) is 125 cm³/mol. The molecule has 0 aliphatic carbocycles. The number of rotatable bonds is 3. The summed E-state index contributed by atoms with van der Waals surface area (Å²) in [6.07, 6.45) is 0. The summed E-state index contributed by atoms with van der Waals surface area (Å²) in [4.78, 5) is 25.4. The summed E-state index contributed by atoms with van der Waals surface area (Å²) in [7, 11) is 0. The molecule has 0 bridgehead atoms. The normalized spacial score (nSPS) is 14.0. The number of carbonyl (C=O) groups is 1. The van der Waals surface area contributed by atoms with Crippen LogP contribution in [0.1, 0.15) is 6.92 Å². The van der Waals surface area contributed by atoms with Crippen LogP contribution in [-0.2, 0) is 4.79 Å². The van der Waals surface area contributed by atoms with Gasteiger partial charge in [-0.25, -0.2) is 18.7 Å². The molecule has 0 N–H and O–H groups in total. The fraction of sp³-hybridized carbons (Fsp3) is 0.192. The summed E-state index contributed by atoms with van der Waals surface area (Å²) in [5, 5.41) is 0. The lowest BCUT2D eigenvalue weighted by Crippen LogP contribution is -2.48. The number of amides is 1. The van der Waals surface area contributed by atoms with Gasteiger partial charge in [-0.05, 0) is 66.7 Å². The van der Waals surface area contributed by atoms with Gasteiger partial charge in [0.25, 0.3) is 0 Å². The van der Waals surface area contributed by atoms with E-state index >= 15 is 0 Å². The Morgan fingerprint density at radius 2 is 1.24 bits per heavy atom. The van der Waals surface area contributed by atoms with Gasteiger partial charge in [0.1, 0.15) is 11.6 Å². The van der Waals surface area contributed by atoms with Crippen molar-refractivity contribution in [1.29, 1.82) is 0 Å². The van der Waals surface area contributed by atoms with Gasteiger partial charge < -0.3 is 9.80 Å². The number of fused-ring (bicyclic) bond motifs is 1. The smallest absolute Gasteiger partial charge is 0.219 e. The molecule has 0 spiro atoms. The lowest BCUT2D eigenvalue weighted by atomic mass is 10.0. The van der Waals surface area contributed by atoms with Crippen molar-refractivity contribution in [3.8, 4) is 22.5 Å². The van der Waals surface area contributed by atoms with E-state index in [1.54, 1.807) is 31.2 Å². The number of hydrogen-bond donors (Lipinski definition) is 0. The Kier molecular flexibility index (Phi) is 5.46. The predicted octanol–water partition coefficient (Wildman–Crippen LogP) is 4.91. The van der Waals surface area contributed by atoms with E-state index in [2.05, 4.69) is 4.90 Å². The molecular weight excluding hydrogens is 422 g/mol. The van der Waals surface area contributed by atoms with Crippen molar-refractivity contribution in [3.05, 3.63) is 78.4 Å². The fourth-order valence-electron chi connectivity index (χ4n) is 4.14. The quantitative estimate of drug-likeness (QED) is 0.451. The fourth-order valence-corrected chi connectivity index (χ4v) is 4.14. The summed E-state index contributed by atoms with van der Waals surface area (Å²) in [5.74, 6) is -0.565. The molecule has 5 rings (SSSR count). The monoisotopic (exact) mass is 444 g/mol. The van der Waals surface area contributed by atoms with Gasteiger partial charge in [0.05, 0.1) is 22.4 Å². The second-order valence-corrected chi connectivity index (χ2v) is 8.10. The largest absolute Gasteiger partial charge is 0.368 e. The zero-order chi connectivity index (χ0) is 22.9. The zero-order valence-corrected chi connectivity index (χ0v) is 18.1. The van der Waals surface area contributed by atoms with Crippen LogP contribution < -0.4 is 4.90 Å². The van der Waals surface area contributed by atoms with Crippen molar-refractivity contribution in [2.75, 3.05) is 31.1 Å². The first-order chi connectivity index (χ1) is 16.0. The summed E-state index contributed by atoms with van der Waals surface area (Å²) in [5.41, 5.74) is 5.11. The standard InChI is InChI=1S/C26H22F2N4O/c1-17(33)31-12-14-32(15-13-31)22-10-11-23-24(16-22)30-26(19-4-8-21(28)9-5-19)25(29-23)18-2-6-20(27)7-3-18/h2-11,16H,12-15H2,1H3. The highest BCUT2D eigenvalue weighted by molar-refractivity contribution is 5.88. The number of carbonyl (C=O) groups excluding carboxylic acids is 1. The van der Waals surface area contributed by atoms with Crippen molar-refractivity contribution in [2.45, 2.75) is 6.92 Å². The minimum atomic E-state index is -0.331. The molecule has 1 aromatic heterocycles. The molecule has 5 nitrogen and oxygen atoms in total. The summed E-state index contributed by atoms with van der Waals surface area (Å²) in [6.45, 7) is 4.46. The molecule has 4 aromatic rings. The number of benzene rings is 3. The number of nitrogens with zero attached hydrogens (tertiary/aromatic N) is 4. The highest BCUT2D eigenvalue weighted by Crippen LogP contribution is 2.32. The van der Waals surface area contributed by atoms with Crippen molar-refractivity contribution in [2.24, 2.45) is 0 Å². The molecule has 1 fully saturated rings. The number of hydrogen-bond acceptors (Lipinski definition) is 4. The third-order valence-corrected chi connectivity index (χ3v) is 5.97. The lowest BCUT2D eigenvalue weighted by Gasteiger charge is -2.35. The van der Waals surface area contributed by atoms with Gasteiger partial charge >= 0.3 is 0 Å². The van der Waals surface area contributed by atoms with E-state index in [1.165, 1.54) is 24.3 Å². The van der Waals surface area contributed by atoms with Gasteiger partial charge in [-0.15, -0.1) is 0 Å². The van der Waals surface area contributed by atoms with Crippen LogP contribution >= 0.6 is 0 Å². The van der Waals surface area contributed by atoms with Crippen molar-refractivity contribution in [3.63, 3.8) is 0 Å². The van der Waals surface area contributed by atoms with Gasteiger partial charge in [0, 0.05) is 49.9 Å². The SMILES string of the molecule is CC(=O)N1CCN(c2ccc3nc(-c4ccc(F)cc4)c(-c4ccc(F)cc4)nc3c2)CC1. The van der Waals surface area contributed by atoms with Gasteiger partial charge in [0.2, 0.25) is 5.91 Å². The summed E-state index contributed by atoms with van der Waals surface area (Å²) in [6, 6.07) is 18.2. The first-order valence-electron chi connectivity index (χ1n) is 10.8. The maximum atomic E-state index is 13.6. The molecule has 0 saturated carbocycles. The molecule has 7 heteroatoms. The van der Waals surface area contributed by atoms with Crippen LogP contribution in [0.5, 0.6) is 0 Å². The molecule has 1 aliphatic heterocycles. The van der Waals surface area contributed by atoms with E-state index in [0.29, 0.717) is 35.5 Å². The highest BCUT2D eigenvalue weighted by atomic mass is 19.1. The molecule has 1 aliphatic rings. The molecule has 1 saturated heterocycles. The second kappa shape index (κ2) is 8.58. The average molecular weight is 444 g/mol. The van der Waals surface area contributed by atoms with E-state index < -0.39 is 0 Å². The van der Waals surface area contributed by atoms with E-state index in [4.69, 9.17) is 9.97 Å². The molecule has 166 valence electrons. The Morgan fingerprint density at radius 3 is 1.76 bits per heavy atom. The van der Waals surface area contributed by atoms with E-state index in [0.717, 1.165) is 29.9 Å². The third kappa shape index (κ3) is 4.26. The molecule has 0 atom stereocenters. The molecular formula is C26H22F2N4O. The van der Waals surface area contributed by atoms with Crippen molar-refractivity contribution in [1.82, 2.24) is 14.9 Å². The maximum absolute atomic E-state index is 13.6. The molecule has 2 heterocycles. The maximum Gasteiger partial charge on any atom is 0.219 e. The second-order valence-electron chi connectivity index (χ2n) is 8.10. The first-order valence-corrected chi connectivity index (χ1v) is 10.8. The van der Waals surface area contributed by atoms with Crippen LogP contribution in [0.2, 0.25) is 0 Å². The van der Waals surface area contributed by atoms with Gasteiger partial charge in [-0.3, -0.25) is 4.79 Å². The van der Waals surface area contributed by atoms with Crippen LogP contribution in [-0.4, -0.2) is 47.0 Å². The van der Waals surface area contributed by atoms with Crippen LogP contribution in [0.3, 0.4) is 0 Å². The zero-order valence-electron chi connectivity index (χ0n) is 18.1. The lowest BCUT2D eigenvalue weighted by molar-refractivity contribution is -0.129. The van der Waals surface area contributed by atoms with Crippen molar-refractivity contribution < 1.29 is 13.6 Å². The minimum absolute atomic E-state index is 0.0938. The average Bonchev–Trinajstić information content (AvgIpc) is 2.84. The van der Waals surface area contributed by atoms with Gasteiger partial charge in [-0.2, -0.15) is 0 Å². The van der Waals surface area contributed by atoms with Gasteiger partial charge in [-0.1, -0.05) is 0 Å². The Balaban J connectivity index is 1.58. The Morgan fingerprint density at radius 1 is 0.727 bits per heavy atom. The number of aromatic nitrogens is 2.